The summed E-state index contributed by atoms with van der Waals surface area (Å²) in [6.45, 7) is 3.52. The van der Waals surface area contributed by atoms with E-state index >= 15 is 0 Å². The summed E-state index contributed by atoms with van der Waals surface area (Å²) < 4.78 is 17.3. The number of phenols is 1. The highest BCUT2D eigenvalue weighted by Crippen LogP contribution is 2.26. The van der Waals surface area contributed by atoms with Crippen LogP contribution >= 0.6 is 11.3 Å². The van der Waals surface area contributed by atoms with Crippen molar-refractivity contribution >= 4 is 35.4 Å². The van der Waals surface area contributed by atoms with Gasteiger partial charge < -0.3 is 24.2 Å². The van der Waals surface area contributed by atoms with Gasteiger partial charge in [0.2, 0.25) is 5.91 Å². The van der Waals surface area contributed by atoms with Crippen LogP contribution in [0.5, 0.6) is 11.5 Å². The number of aromatic hydroxyl groups is 1. The second-order valence-electron chi connectivity index (χ2n) is 6.66. The number of amides is 1. The van der Waals surface area contributed by atoms with Crippen molar-refractivity contribution in [3.8, 4) is 11.5 Å². The summed E-state index contributed by atoms with van der Waals surface area (Å²) in [7, 11) is 1.43. The van der Waals surface area contributed by atoms with Gasteiger partial charge in [-0.25, -0.2) is 4.79 Å². The van der Waals surface area contributed by atoms with Crippen LogP contribution < -0.4 is 19.5 Å². The van der Waals surface area contributed by atoms with Gasteiger partial charge in [-0.2, -0.15) is 0 Å². The maximum atomic E-state index is 13.1. The third-order valence-electron chi connectivity index (χ3n) is 4.62. The molecule has 1 aliphatic heterocycles. The smallest absolute Gasteiger partial charge is 0.333 e. The van der Waals surface area contributed by atoms with Gasteiger partial charge in [0.1, 0.15) is 11.2 Å². The lowest BCUT2D eigenvalue weighted by Crippen LogP contribution is -2.45. The number of thiazole rings is 1. The lowest BCUT2D eigenvalue weighted by Gasteiger charge is -2.26. The summed E-state index contributed by atoms with van der Waals surface area (Å²) in [6.07, 6.45) is 2.84. The van der Waals surface area contributed by atoms with Crippen molar-refractivity contribution in [1.82, 2.24) is 9.47 Å². The largest absolute Gasteiger partial charge is 0.504 e. The highest BCUT2D eigenvalue weighted by molar-refractivity contribution is 7.07. The second kappa shape index (κ2) is 10.3. The number of hydrogen-bond donors (Lipinski definition) is 1. The molecule has 0 aliphatic carbocycles. The Bertz CT molecular complexity index is 1130. The van der Waals surface area contributed by atoms with Crippen LogP contribution in [-0.4, -0.2) is 66.5 Å². The molecule has 0 bridgehead atoms. The Balaban J connectivity index is 2.04. The van der Waals surface area contributed by atoms with Gasteiger partial charge in [-0.3, -0.25) is 14.2 Å². The Labute approximate surface area is 182 Å². The topological polar surface area (TPSA) is 107 Å². The number of ether oxygens (including phenoxy) is 3. The zero-order valence-electron chi connectivity index (χ0n) is 17.3. The fraction of sp³-hybridized carbons (Fsp3) is 0.381. The molecule has 0 unspecified atom stereocenters. The van der Waals surface area contributed by atoms with Gasteiger partial charge in [0.15, 0.2) is 11.5 Å². The van der Waals surface area contributed by atoms with Crippen LogP contribution in [0.3, 0.4) is 0 Å². The van der Waals surface area contributed by atoms with Crippen molar-refractivity contribution in [3.63, 3.8) is 0 Å². The molecular formula is C21H24N2O7S. The molecule has 1 aromatic heterocycles. The summed E-state index contributed by atoms with van der Waals surface area (Å²) in [6, 6.07) is 4.69. The van der Waals surface area contributed by atoms with E-state index in [1.807, 2.05) is 0 Å². The molecule has 3 rings (SSSR count). The van der Waals surface area contributed by atoms with Gasteiger partial charge in [0, 0.05) is 13.1 Å². The molecule has 1 aromatic carbocycles. The number of esters is 1. The van der Waals surface area contributed by atoms with Gasteiger partial charge in [-0.05, 0) is 30.7 Å². The number of carbonyl (C=O) groups excluding carboxylic acids is 2. The van der Waals surface area contributed by atoms with Crippen LogP contribution in [-0.2, 0) is 25.6 Å². The zero-order valence-corrected chi connectivity index (χ0v) is 18.1. The van der Waals surface area contributed by atoms with E-state index in [0.29, 0.717) is 41.1 Å². The van der Waals surface area contributed by atoms with E-state index in [4.69, 9.17) is 14.2 Å². The summed E-state index contributed by atoms with van der Waals surface area (Å²) >= 11 is 1.08. The average Bonchev–Trinajstić information content (AvgIpc) is 3.04. The van der Waals surface area contributed by atoms with Crippen molar-refractivity contribution in [2.75, 3.05) is 40.0 Å². The van der Waals surface area contributed by atoms with Crippen LogP contribution in [0.1, 0.15) is 12.5 Å². The molecular weight excluding hydrogens is 424 g/mol. The van der Waals surface area contributed by atoms with Crippen molar-refractivity contribution < 1.29 is 28.9 Å². The normalized spacial score (nSPS) is 15.2. The van der Waals surface area contributed by atoms with Gasteiger partial charge in [0.25, 0.3) is 5.56 Å². The third kappa shape index (κ3) is 5.53. The lowest BCUT2D eigenvalue weighted by molar-refractivity contribution is -0.136. The van der Waals surface area contributed by atoms with Crippen LogP contribution in [0.4, 0.5) is 0 Å². The molecule has 0 radical (unpaired) electrons. The van der Waals surface area contributed by atoms with Gasteiger partial charge in [-0.15, -0.1) is 11.3 Å². The first-order valence-electron chi connectivity index (χ1n) is 9.75. The third-order valence-corrected chi connectivity index (χ3v) is 5.68. The number of phenolic OH excluding ortho intramolecular Hbond substituents is 1. The zero-order chi connectivity index (χ0) is 22.4. The molecule has 31 heavy (non-hydrogen) atoms. The number of carbonyl (C=O) groups is 2. The molecule has 10 heteroatoms. The average molecular weight is 448 g/mol. The summed E-state index contributed by atoms with van der Waals surface area (Å²) in [5.41, 5.74) is 0.233. The van der Waals surface area contributed by atoms with E-state index in [1.54, 1.807) is 30.0 Å². The van der Waals surface area contributed by atoms with Crippen molar-refractivity contribution in [2.45, 2.75) is 13.5 Å². The molecule has 2 aromatic rings. The molecule has 0 saturated carbocycles. The minimum absolute atomic E-state index is 0.0179. The van der Waals surface area contributed by atoms with Crippen LogP contribution in [0.15, 0.2) is 23.0 Å². The number of benzene rings is 1. The van der Waals surface area contributed by atoms with Crippen molar-refractivity contribution in [1.29, 1.82) is 0 Å². The van der Waals surface area contributed by atoms with Crippen molar-refractivity contribution in [3.05, 3.63) is 43.3 Å². The molecule has 9 nitrogen and oxygen atoms in total. The molecule has 1 fully saturated rings. The summed E-state index contributed by atoms with van der Waals surface area (Å²) in [4.78, 5) is 39.4. The Morgan fingerprint density at radius 1 is 1.29 bits per heavy atom. The van der Waals surface area contributed by atoms with Crippen LogP contribution in [0.2, 0.25) is 0 Å². The highest BCUT2D eigenvalue weighted by atomic mass is 32.1. The van der Waals surface area contributed by atoms with Crippen molar-refractivity contribution in [2.24, 2.45) is 0 Å². The number of nitrogens with zero attached hydrogens (tertiary/aromatic N) is 2. The second-order valence-corrected chi connectivity index (χ2v) is 7.72. The predicted molar refractivity (Wildman–Crippen MR) is 115 cm³/mol. The number of morpholine rings is 1. The molecule has 1 aliphatic rings. The molecule has 166 valence electrons. The number of methoxy groups -OCH3 is 1. The lowest BCUT2D eigenvalue weighted by atomic mass is 10.2. The Kier molecular flexibility index (Phi) is 7.48. The quantitative estimate of drug-likeness (QED) is 0.602. The molecule has 1 saturated heterocycles. The predicted octanol–water partition coefficient (Wildman–Crippen LogP) is -0.345. The standard InChI is InChI=1S/C21H24N2O7S/c1-3-30-20(26)12-19-23(13-18(25)22-6-8-29-9-7-22)21(27)17(31-19)11-14-4-5-15(24)16(10-14)28-2/h4-5,10-12,24H,3,6-9,13H2,1-2H3/b17-11+,19-12-. The van der Waals surface area contributed by atoms with E-state index in [1.165, 1.54) is 23.8 Å². The number of aromatic nitrogens is 1. The Hall–Kier alpha value is -3.11. The van der Waals surface area contributed by atoms with Gasteiger partial charge >= 0.3 is 5.97 Å². The minimum atomic E-state index is -0.589. The first-order valence-corrected chi connectivity index (χ1v) is 10.6. The fourth-order valence-corrected chi connectivity index (χ4v) is 4.09. The highest BCUT2D eigenvalue weighted by Gasteiger charge is 2.19. The first-order chi connectivity index (χ1) is 14.9. The Morgan fingerprint density at radius 3 is 2.71 bits per heavy atom. The van der Waals surface area contributed by atoms with E-state index < -0.39 is 11.5 Å². The van der Waals surface area contributed by atoms with Gasteiger partial charge in [0.05, 0.1) is 37.5 Å². The minimum Gasteiger partial charge on any atom is -0.504 e. The summed E-state index contributed by atoms with van der Waals surface area (Å²) in [5.74, 6) is -0.559. The Morgan fingerprint density at radius 2 is 2.03 bits per heavy atom. The van der Waals surface area contributed by atoms with Crippen LogP contribution in [0, 0.1) is 0 Å². The summed E-state index contributed by atoms with van der Waals surface area (Å²) in [5, 5.41) is 9.77. The number of rotatable bonds is 6. The molecule has 0 spiro atoms. The van der Waals surface area contributed by atoms with E-state index in [9.17, 15) is 19.5 Å². The molecule has 1 amide bonds. The van der Waals surface area contributed by atoms with E-state index in [-0.39, 0.29) is 30.6 Å². The van der Waals surface area contributed by atoms with Gasteiger partial charge in [-0.1, -0.05) is 6.07 Å². The van der Waals surface area contributed by atoms with E-state index in [2.05, 4.69) is 0 Å². The maximum absolute atomic E-state index is 13.1. The first kappa shape index (κ1) is 22.6. The number of hydrogen-bond acceptors (Lipinski definition) is 8. The fourth-order valence-electron chi connectivity index (χ4n) is 3.06. The monoisotopic (exact) mass is 448 g/mol. The van der Waals surface area contributed by atoms with Crippen LogP contribution in [0.25, 0.3) is 12.2 Å². The van der Waals surface area contributed by atoms with E-state index in [0.717, 1.165) is 11.3 Å². The molecule has 2 heterocycles. The SMILES string of the molecule is CCOC(=O)/C=c1\s/c(=C/c2ccc(O)c(OC)c2)c(=O)n1CC(=O)N1CCOCC1. The maximum Gasteiger partial charge on any atom is 0.333 e. The molecule has 1 N–H and O–H groups in total. The molecule has 0 atom stereocenters.